The lowest BCUT2D eigenvalue weighted by molar-refractivity contribution is 0.240. The summed E-state index contributed by atoms with van der Waals surface area (Å²) in [4.78, 5) is 0. The van der Waals surface area contributed by atoms with E-state index in [4.69, 9.17) is 20.9 Å². The predicted octanol–water partition coefficient (Wildman–Crippen LogP) is 10.3. The lowest BCUT2D eigenvalue weighted by atomic mass is 9.61. The number of hydrogen-bond donors (Lipinski definition) is 2. The average molecular weight is 549 g/mol. The summed E-state index contributed by atoms with van der Waals surface area (Å²) in [6.07, 6.45) is 12.9. The molecule has 1 aliphatic carbocycles. The van der Waals surface area contributed by atoms with Crippen LogP contribution in [-0.4, -0.2) is 0 Å². The molecule has 0 heterocycles. The van der Waals surface area contributed by atoms with Gasteiger partial charge in [-0.25, -0.2) is 0 Å². The van der Waals surface area contributed by atoms with Crippen molar-refractivity contribution < 1.29 is 9.47 Å². The second-order valence-corrected chi connectivity index (χ2v) is 11.6. The molecule has 1 aliphatic rings. The zero-order chi connectivity index (χ0) is 28.5. The smallest absolute Gasteiger partial charge is 0.127 e. The van der Waals surface area contributed by atoms with Crippen molar-refractivity contribution in [2.24, 2.45) is 5.92 Å². The first kappa shape index (κ1) is 28.6. The quantitative estimate of drug-likeness (QED) is 0.136. The van der Waals surface area contributed by atoms with Gasteiger partial charge in [-0.1, -0.05) is 82.6 Å². The van der Waals surface area contributed by atoms with Crippen molar-refractivity contribution in [1.82, 2.24) is 0 Å². The van der Waals surface area contributed by atoms with Gasteiger partial charge in [0.05, 0.1) is 0 Å². The lowest BCUT2D eigenvalue weighted by Crippen LogP contribution is -2.34. The second-order valence-electron chi connectivity index (χ2n) is 11.6. The summed E-state index contributed by atoms with van der Waals surface area (Å²) in [6.45, 7) is 2.29. The molecule has 1 fully saturated rings. The van der Waals surface area contributed by atoms with Crippen LogP contribution in [0.5, 0.6) is 23.0 Å². The molecule has 214 valence electrons. The van der Waals surface area contributed by atoms with Gasteiger partial charge >= 0.3 is 0 Å². The number of ether oxygens (including phenoxy) is 2. The summed E-state index contributed by atoms with van der Waals surface area (Å²) >= 11 is 0. The second kappa shape index (κ2) is 13.6. The predicted molar refractivity (Wildman–Crippen MR) is 171 cm³/mol. The van der Waals surface area contributed by atoms with Crippen LogP contribution in [0.4, 0.5) is 11.4 Å². The standard InChI is InChI=1S/C37H44N2O2/c1-2-3-4-5-6-8-28-9-7-26-37(27-28,29-10-18-33(19-11-29)40-35-22-14-31(38)15-23-35)30-12-20-34(21-13-30)41-36-24-16-32(39)17-25-36/h10-25,28H,2-9,26-27,38-39H2,1H3. The largest absolute Gasteiger partial charge is 0.457 e. The van der Waals surface area contributed by atoms with E-state index in [1.807, 2.05) is 48.5 Å². The van der Waals surface area contributed by atoms with Gasteiger partial charge in [0.1, 0.15) is 23.0 Å². The van der Waals surface area contributed by atoms with Crippen molar-refractivity contribution in [3.63, 3.8) is 0 Å². The molecular formula is C37H44N2O2. The van der Waals surface area contributed by atoms with Gasteiger partial charge in [0.15, 0.2) is 0 Å². The van der Waals surface area contributed by atoms with E-state index in [1.165, 1.54) is 68.9 Å². The monoisotopic (exact) mass is 548 g/mol. The number of nitrogen functional groups attached to an aromatic ring is 2. The van der Waals surface area contributed by atoms with Crippen LogP contribution in [0.25, 0.3) is 0 Å². The van der Waals surface area contributed by atoms with Crippen molar-refractivity contribution in [3.8, 4) is 23.0 Å². The highest BCUT2D eigenvalue weighted by Gasteiger charge is 2.39. The maximum absolute atomic E-state index is 6.12. The molecule has 0 bridgehead atoms. The van der Waals surface area contributed by atoms with Crippen molar-refractivity contribution in [1.29, 1.82) is 0 Å². The minimum Gasteiger partial charge on any atom is -0.457 e. The Bertz CT molecular complexity index is 1260. The van der Waals surface area contributed by atoms with Gasteiger partial charge in [-0.3, -0.25) is 0 Å². The molecular weight excluding hydrogens is 504 g/mol. The Kier molecular flexibility index (Phi) is 9.51. The molecule has 5 rings (SSSR count). The molecule has 4 heteroatoms. The molecule has 1 saturated carbocycles. The van der Waals surface area contributed by atoms with E-state index in [0.717, 1.165) is 46.7 Å². The highest BCUT2D eigenvalue weighted by Crippen LogP contribution is 2.49. The molecule has 0 radical (unpaired) electrons. The van der Waals surface area contributed by atoms with Crippen LogP contribution in [0, 0.1) is 5.92 Å². The number of benzene rings is 4. The number of nitrogens with two attached hydrogens (primary N) is 2. The Morgan fingerprint density at radius 1 is 0.610 bits per heavy atom. The normalized spacial score (nSPS) is 16.3. The molecule has 4 N–H and O–H groups in total. The van der Waals surface area contributed by atoms with Crippen LogP contribution in [0.3, 0.4) is 0 Å². The van der Waals surface area contributed by atoms with Gasteiger partial charge in [0.25, 0.3) is 0 Å². The third kappa shape index (κ3) is 7.43. The van der Waals surface area contributed by atoms with Gasteiger partial charge < -0.3 is 20.9 Å². The lowest BCUT2D eigenvalue weighted by Gasteiger charge is -2.42. The van der Waals surface area contributed by atoms with Crippen molar-refractivity contribution in [3.05, 3.63) is 108 Å². The molecule has 4 aromatic rings. The fourth-order valence-corrected chi connectivity index (χ4v) is 6.39. The van der Waals surface area contributed by atoms with Gasteiger partial charge in [-0.2, -0.15) is 0 Å². The first-order valence-electron chi connectivity index (χ1n) is 15.3. The highest BCUT2D eigenvalue weighted by atomic mass is 16.5. The molecule has 0 spiro atoms. The molecule has 4 nitrogen and oxygen atoms in total. The zero-order valence-electron chi connectivity index (χ0n) is 24.4. The van der Waals surface area contributed by atoms with Gasteiger partial charge in [0.2, 0.25) is 0 Å². The van der Waals surface area contributed by atoms with E-state index in [1.54, 1.807) is 0 Å². The summed E-state index contributed by atoms with van der Waals surface area (Å²) in [5, 5.41) is 0. The Morgan fingerprint density at radius 2 is 1.05 bits per heavy atom. The Balaban J connectivity index is 1.38. The summed E-state index contributed by atoms with van der Waals surface area (Å²) in [5.41, 5.74) is 15.9. The van der Waals surface area contributed by atoms with E-state index in [-0.39, 0.29) is 5.41 Å². The fraction of sp³-hybridized carbons (Fsp3) is 0.351. The van der Waals surface area contributed by atoms with Crippen LogP contribution < -0.4 is 20.9 Å². The minimum absolute atomic E-state index is 0.0220. The van der Waals surface area contributed by atoms with Crippen LogP contribution in [0.15, 0.2) is 97.1 Å². The molecule has 0 aliphatic heterocycles. The number of unbranched alkanes of at least 4 members (excludes halogenated alkanes) is 4. The number of anilines is 2. The summed E-state index contributed by atoms with van der Waals surface area (Å²) < 4.78 is 12.2. The first-order valence-corrected chi connectivity index (χ1v) is 15.3. The van der Waals surface area contributed by atoms with E-state index in [2.05, 4.69) is 55.5 Å². The van der Waals surface area contributed by atoms with Crippen molar-refractivity contribution >= 4 is 11.4 Å². The molecule has 1 unspecified atom stereocenters. The number of hydrogen-bond acceptors (Lipinski definition) is 4. The van der Waals surface area contributed by atoms with Crippen LogP contribution in [0.1, 0.15) is 82.3 Å². The van der Waals surface area contributed by atoms with Gasteiger partial charge in [-0.05, 0) is 103 Å². The molecule has 41 heavy (non-hydrogen) atoms. The van der Waals surface area contributed by atoms with E-state index >= 15 is 0 Å². The van der Waals surface area contributed by atoms with Crippen LogP contribution in [-0.2, 0) is 5.41 Å². The fourth-order valence-electron chi connectivity index (χ4n) is 6.39. The molecule has 4 aromatic carbocycles. The topological polar surface area (TPSA) is 70.5 Å². The SMILES string of the molecule is CCCCCCCC1CCCC(c2ccc(Oc3ccc(N)cc3)cc2)(c2ccc(Oc3ccc(N)cc3)cc2)C1. The van der Waals surface area contributed by atoms with Gasteiger partial charge in [0, 0.05) is 16.8 Å². The number of rotatable bonds is 12. The molecule has 0 aromatic heterocycles. The van der Waals surface area contributed by atoms with Crippen molar-refractivity contribution in [2.45, 2.75) is 76.5 Å². The summed E-state index contributed by atoms with van der Waals surface area (Å²) in [5.74, 6) is 3.99. The van der Waals surface area contributed by atoms with E-state index < -0.39 is 0 Å². The van der Waals surface area contributed by atoms with Gasteiger partial charge in [-0.15, -0.1) is 0 Å². The minimum atomic E-state index is -0.0220. The summed E-state index contributed by atoms with van der Waals surface area (Å²) in [6, 6.07) is 32.6. The molecule has 0 amide bonds. The maximum Gasteiger partial charge on any atom is 0.127 e. The zero-order valence-corrected chi connectivity index (χ0v) is 24.4. The Hall–Kier alpha value is -3.92. The van der Waals surface area contributed by atoms with E-state index in [0.29, 0.717) is 0 Å². The third-order valence-electron chi connectivity index (χ3n) is 8.61. The van der Waals surface area contributed by atoms with E-state index in [9.17, 15) is 0 Å². The molecule has 1 atom stereocenters. The molecule has 0 saturated heterocycles. The highest BCUT2D eigenvalue weighted by molar-refractivity contribution is 5.47. The van der Waals surface area contributed by atoms with Crippen molar-refractivity contribution in [2.75, 3.05) is 11.5 Å². The van der Waals surface area contributed by atoms with Crippen LogP contribution in [0.2, 0.25) is 0 Å². The van der Waals surface area contributed by atoms with Crippen LogP contribution >= 0.6 is 0 Å². The Labute approximate surface area is 245 Å². The third-order valence-corrected chi connectivity index (χ3v) is 8.61. The maximum atomic E-state index is 6.12. The Morgan fingerprint density at radius 3 is 1.51 bits per heavy atom. The average Bonchev–Trinajstić information content (AvgIpc) is 3.00. The summed E-state index contributed by atoms with van der Waals surface area (Å²) in [7, 11) is 0. The first-order chi connectivity index (χ1) is 20.0.